The number of aliphatic hydroxyl groups is 5. The minimum absolute atomic E-state index is 0.230. The highest BCUT2D eigenvalue weighted by Crippen LogP contribution is 2.26. The van der Waals surface area contributed by atoms with Gasteiger partial charge in [0.25, 0.3) is 0 Å². The monoisotopic (exact) mass is 892 g/mol. The Hall–Kier alpha value is -1.46. The number of nitrogens with one attached hydrogen (secondary N) is 1. The van der Waals surface area contributed by atoms with Gasteiger partial charge in [0.15, 0.2) is 6.29 Å². The Morgan fingerprint density at radius 1 is 0.656 bits per heavy atom. The third-order valence-corrected chi connectivity index (χ3v) is 12.0. The summed E-state index contributed by atoms with van der Waals surface area (Å²) in [4.78, 5) is 13.1. The second-order valence-corrected chi connectivity index (χ2v) is 18.2. The molecule has 61 heavy (non-hydrogen) atoms. The summed E-state index contributed by atoms with van der Waals surface area (Å²) in [7, 11) is -5.12. The van der Waals surface area contributed by atoms with Crippen LogP contribution in [0.3, 0.4) is 0 Å². The van der Waals surface area contributed by atoms with Gasteiger partial charge in [0, 0.05) is 0 Å². The molecule has 14 heteroatoms. The van der Waals surface area contributed by atoms with Crippen LogP contribution in [-0.2, 0) is 28.9 Å². The van der Waals surface area contributed by atoms with E-state index in [-0.39, 0.29) is 6.42 Å². The van der Waals surface area contributed by atoms with Crippen molar-refractivity contribution in [3.63, 3.8) is 0 Å². The molecule has 1 amide bonds. The van der Waals surface area contributed by atoms with Crippen molar-refractivity contribution in [1.82, 2.24) is 5.32 Å². The fraction of sp³-hybridized carbons (Fsp3) is 0.894. The molecule has 1 saturated heterocycles. The Morgan fingerprint density at radius 3 is 1.52 bits per heavy atom. The Kier molecular flexibility index (Phi) is 35.7. The summed E-state index contributed by atoms with van der Waals surface area (Å²) in [6.45, 7) is 3.22. The van der Waals surface area contributed by atoms with Gasteiger partial charge in [0.2, 0.25) is 5.91 Å². The Bertz CT molecular complexity index is 1200. The maximum absolute atomic E-state index is 13.1. The summed E-state index contributed by atoms with van der Waals surface area (Å²) in [6.07, 6.45) is 31.1. The Balaban J connectivity index is 2.58. The maximum atomic E-state index is 13.1. The van der Waals surface area contributed by atoms with Crippen LogP contribution in [0.5, 0.6) is 0 Å². The van der Waals surface area contributed by atoms with Crippen LogP contribution in [0, 0.1) is 0 Å². The number of aliphatic hydroxyl groups excluding tert-OH is 5. The highest BCUT2D eigenvalue weighted by atomic mass is 32.3. The van der Waals surface area contributed by atoms with Gasteiger partial charge >= 0.3 is 10.4 Å². The van der Waals surface area contributed by atoms with E-state index in [0.717, 1.165) is 51.4 Å². The van der Waals surface area contributed by atoms with E-state index in [0.29, 0.717) is 12.8 Å². The zero-order chi connectivity index (χ0) is 45.0. The molecule has 1 heterocycles. The van der Waals surface area contributed by atoms with Gasteiger partial charge in [-0.05, 0) is 44.9 Å². The molecule has 0 bridgehead atoms. The highest BCUT2D eigenvalue weighted by molar-refractivity contribution is 7.80. The van der Waals surface area contributed by atoms with Crippen LogP contribution in [0.4, 0.5) is 0 Å². The van der Waals surface area contributed by atoms with Crippen molar-refractivity contribution in [2.75, 3.05) is 13.2 Å². The minimum atomic E-state index is -5.12. The zero-order valence-electron chi connectivity index (χ0n) is 38.1. The van der Waals surface area contributed by atoms with E-state index in [1.165, 1.54) is 128 Å². The third kappa shape index (κ3) is 30.3. The van der Waals surface area contributed by atoms with E-state index < -0.39 is 78.5 Å². The molecule has 8 atom stereocenters. The van der Waals surface area contributed by atoms with Gasteiger partial charge in [-0.15, -0.1) is 0 Å². The molecule has 1 aliphatic heterocycles. The van der Waals surface area contributed by atoms with Gasteiger partial charge in [-0.3, -0.25) is 9.35 Å². The van der Waals surface area contributed by atoms with Gasteiger partial charge in [-0.1, -0.05) is 186 Å². The number of allylic oxidation sites excluding steroid dienone is 3. The first-order valence-corrected chi connectivity index (χ1v) is 25.7. The van der Waals surface area contributed by atoms with Crippen molar-refractivity contribution < 1.29 is 57.0 Å². The van der Waals surface area contributed by atoms with Gasteiger partial charge in [-0.25, -0.2) is 4.18 Å². The lowest BCUT2D eigenvalue weighted by Crippen LogP contribution is -2.61. The maximum Gasteiger partial charge on any atom is 0.397 e. The van der Waals surface area contributed by atoms with Crippen molar-refractivity contribution in [2.45, 2.75) is 255 Å². The lowest BCUT2D eigenvalue weighted by atomic mass is 9.99. The van der Waals surface area contributed by atoms with Crippen LogP contribution in [0.1, 0.15) is 206 Å². The molecule has 360 valence electrons. The largest absolute Gasteiger partial charge is 0.397 e. The standard InChI is InChI=1S/C47H89NO12S/c1-3-5-7-9-11-13-15-17-19-20-22-23-25-27-29-31-33-35-40(50)39(38-58-47-44(53)45(60-61(55,56)57)43(52)42(37-49)59-47)48-46(54)41(51)36-34-32-30-28-26-24-21-18-16-14-12-10-8-6-4-2/h21,24,33,35,39-45,47,49-53H,3-20,22-23,25-32,34,36-38H2,1-2H3,(H,48,54)(H,55,56,57)/b24-21-,35-33+. The Morgan fingerprint density at radius 2 is 1.08 bits per heavy atom. The van der Waals surface area contributed by atoms with Crippen LogP contribution in [0.15, 0.2) is 24.3 Å². The summed E-state index contributed by atoms with van der Waals surface area (Å²) < 4.78 is 47.5. The Labute approximate surface area is 370 Å². The first-order chi connectivity index (χ1) is 29.4. The van der Waals surface area contributed by atoms with Crippen LogP contribution < -0.4 is 5.32 Å². The van der Waals surface area contributed by atoms with Crippen molar-refractivity contribution in [3.05, 3.63) is 24.3 Å². The summed E-state index contributed by atoms with van der Waals surface area (Å²) in [5, 5.41) is 55.2. The molecular weight excluding hydrogens is 803 g/mol. The fourth-order valence-corrected chi connectivity index (χ4v) is 8.20. The van der Waals surface area contributed by atoms with E-state index in [4.69, 9.17) is 9.47 Å². The zero-order valence-corrected chi connectivity index (χ0v) is 38.9. The van der Waals surface area contributed by atoms with E-state index in [1.54, 1.807) is 0 Å². The molecule has 1 aliphatic rings. The topological polar surface area (TPSA) is 212 Å². The number of carbonyl (C=O) groups is 1. The number of hydrogen-bond acceptors (Lipinski definition) is 11. The van der Waals surface area contributed by atoms with E-state index in [9.17, 15) is 43.3 Å². The number of hydrogen-bond donors (Lipinski definition) is 7. The number of carbonyl (C=O) groups excluding carboxylic acids is 1. The van der Waals surface area contributed by atoms with Crippen LogP contribution in [0.25, 0.3) is 0 Å². The molecule has 0 aliphatic carbocycles. The van der Waals surface area contributed by atoms with Crippen LogP contribution >= 0.6 is 0 Å². The summed E-state index contributed by atoms with van der Waals surface area (Å²) in [5.74, 6) is -0.710. The molecule has 0 radical (unpaired) electrons. The average Bonchev–Trinajstić information content (AvgIpc) is 3.23. The van der Waals surface area contributed by atoms with Gasteiger partial charge < -0.3 is 40.3 Å². The van der Waals surface area contributed by atoms with E-state index in [1.807, 2.05) is 6.08 Å². The normalized spacial score (nSPS) is 21.3. The number of rotatable bonds is 41. The van der Waals surface area contributed by atoms with Crippen LogP contribution in [-0.4, -0.2) is 107 Å². The minimum Gasteiger partial charge on any atom is -0.394 e. The number of amides is 1. The molecule has 0 spiro atoms. The number of unbranched alkanes of at least 4 members (excludes halogenated alkanes) is 26. The summed E-state index contributed by atoms with van der Waals surface area (Å²) >= 11 is 0. The molecule has 0 saturated carbocycles. The first kappa shape index (κ1) is 57.6. The van der Waals surface area contributed by atoms with Crippen molar-refractivity contribution in [3.8, 4) is 0 Å². The SMILES string of the molecule is CCCCCCCCC/C=C\CCCCCCC(O)C(=O)NC(COC1OC(CO)C(O)C(OS(=O)(=O)O)C1O)C(O)/C=C/CCCCCCCCCCCCCCCCC. The quantitative estimate of drug-likeness (QED) is 0.0175. The first-order valence-electron chi connectivity index (χ1n) is 24.3. The molecular formula is C47H89NO12S. The van der Waals surface area contributed by atoms with Crippen molar-refractivity contribution >= 4 is 16.3 Å². The lowest BCUT2D eigenvalue weighted by molar-refractivity contribution is -0.298. The predicted octanol–water partition coefficient (Wildman–Crippen LogP) is 8.69. The smallest absolute Gasteiger partial charge is 0.394 e. The van der Waals surface area contributed by atoms with Gasteiger partial charge in [0.05, 0.1) is 25.4 Å². The molecule has 1 rings (SSSR count). The summed E-state index contributed by atoms with van der Waals surface area (Å²) in [5.41, 5.74) is 0. The van der Waals surface area contributed by atoms with Gasteiger partial charge in [0.1, 0.15) is 30.5 Å². The second kappa shape index (κ2) is 37.9. The fourth-order valence-electron chi connectivity index (χ4n) is 7.69. The highest BCUT2D eigenvalue weighted by Gasteiger charge is 2.48. The van der Waals surface area contributed by atoms with E-state index >= 15 is 0 Å². The summed E-state index contributed by atoms with van der Waals surface area (Å²) in [6, 6.07) is -1.12. The molecule has 0 aromatic carbocycles. The molecule has 8 unspecified atom stereocenters. The average molecular weight is 892 g/mol. The third-order valence-electron chi connectivity index (χ3n) is 11.6. The second-order valence-electron chi connectivity index (χ2n) is 17.2. The molecule has 0 aromatic rings. The molecule has 1 fully saturated rings. The molecule has 0 aromatic heterocycles. The van der Waals surface area contributed by atoms with Crippen LogP contribution in [0.2, 0.25) is 0 Å². The van der Waals surface area contributed by atoms with Crippen molar-refractivity contribution in [2.24, 2.45) is 0 Å². The van der Waals surface area contributed by atoms with E-state index in [2.05, 4.69) is 35.5 Å². The predicted molar refractivity (Wildman–Crippen MR) is 242 cm³/mol. The molecule has 7 N–H and O–H groups in total. The molecule has 13 nitrogen and oxygen atoms in total. The lowest BCUT2D eigenvalue weighted by Gasteiger charge is -2.41. The van der Waals surface area contributed by atoms with Crippen molar-refractivity contribution in [1.29, 1.82) is 0 Å². The van der Waals surface area contributed by atoms with Gasteiger partial charge in [-0.2, -0.15) is 8.42 Å². The number of ether oxygens (including phenoxy) is 2.